The summed E-state index contributed by atoms with van der Waals surface area (Å²) in [5, 5.41) is 77.5. The average molecular weight is 326 g/mol. The van der Waals surface area contributed by atoms with Gasteiger partial charge < -0.3 is 50.3 Å². The summed E-state index contributed by atoms with van der Waals surface area (Å²) in [6.45, 7) is -0.718. The van der Waals surface area contributed by atoms with Crippen molar-refractivity contribution in [2.45, 2.75) is 61.0 Å². The minimum Gasteiger partial charge on any atom is -0.388 e. The second kappa shape index (κ2) is 7.01. The Kier molecular flexibility index (Phi) is 5.72. The van der Waals surface area contributed by atoms with Crippen LogP contribution in [0.5, 0.6) is 0 Å². The van der Waals surface area contributed by atoms with Gasteiger partial charge >= 0.3 is 0 Å². The molecule has 2 aliphatic heterocycles. The van der Waals surface area contributed by atoms with Gasteiger partial charge in [0.25, 0.3) is 0 Å². The van der Waals surface area contributed by atoms with Crippen molar-refractivity contribution >= 4 is 0 Å². The molecule has 2 saturated heterocycles. The predicted molar refractivity (Wildman–Crippen MR) is 67.5 cm³/mol. The zero-order chi connectivity index (χ0) is 16.6. The first-order valence-corrected chi connectivity index (χ1v) is 6.93. The van der Waals surface area contributed by atoms with Crippen LogP contribution < -0.4 is 0 Å². The van der Waals surface area contributed by atoms with Crippen LogP contribution in [-0.4, -0.2) is 115 Å². The topological polar surface area (TPSA) is 180 Å². The van der Waals surface area contributed by atoms with E-state index in [0.29, 0.717) is 0 Å². The van der Waals surface area contributed by atoms with Gasteiger partial charge in [-0.3, -0.25) is 0 Å². The minimum absolute atomic E-state index is 0.359. The summed E-state index contributed by atoms with van der Waals surface area (Å²) in [5.41, 5.74) is 0. The largest absolute Gasteiger partial charge is 0.388 e. The summed E-state index contributed by atoms with van der Waals surface area (Å²) < 4.78 is 10.0. The van der Waals surface area contributed by atoms with Crippen LogP contribution in [0.1, 0.15) is 0 Å². The molecule has 10 heteroatoms. The maximum atomic E-state index is 10.1. The number of rotatable bonds is 3. The highest BCUT2D eigenvalue weighted by Gasteiger charge is 2.48. The first-order valence-electron chi connectivity index (χ1n) is 6.93. The van der Waals surface area contributed by atoms with E-state index < -0.39 is 61.0 Å². The third-order valence-corrected chi connectivity index (χ3v) is 4.10. The van der Waals surface area contributed by atoms with Crippen molar-refractivity contribution in [3.8, 4) is 0 Å². The van der Waals surface area contributed by atoms with E-state index in [9.17, 15) is 40.9 Å². The van der Waals surface area contributed by atoms with Crippen molar-refractivity contribution in [3.05, 3.63) is 0 Å². The molecule has 10 nitrogen and oxygen atoms in total. The average Bonchev–Trinajstić information content (AvgIpc) is 2.49. The molecular weight excluding hydrogens is 304 g/mol. The van der Waals surface area contributed by atoms with E-state index in [1.54, 1.807) is 0 Å². The quantitative estimate of drug-likeness (QED) is 0.249. The molecule has 0 saturated carbocycles. The summed E-state index contributed by atoms with van der Waals surface area (Å²) in [6.07, 6.45) is -15.5. The minimum atomic E-state index is -1.76. The molecule has 2 fully saturated rings. The molecule has 0 bridgehead atoms. The summed E-state index contributed by atoms with van der Waals surface area (Å²) >= 11 is 0. The summed E-state index contributed by atoms with van der Waals surface area (Å²) in [5.74, 6) is 0. The van der Waals surface area contributed by atoms with Crippen LogP contribution in [0, 0.1) is 0 Å². The third kappa shape index (κ3) is 3.26. The van der Waals surface area contributed by atoms with Crippen LogP contribution in [0.15, 0.2) is 0 Å². The molecule has 10 atom stereocenters. The molecule has 0 amide bonds. The van der Waals surface area contributed by atoms with Gasteiger partial charge in [0.2, 0.25) is 0 Å². The van der Waals surface area contributed by atoms with Crippen LogP contribution in [0.3, 0.4) is 0 Å². The van der Waals surface area contributed by atoms with Crippen LogP contribution in [0.2, 0.25) is 0 Å². The fraction of sp³-hybridized carbons (Fsp3) is 1.00. The second-order valence-electron chi connectivity index (χ2n) is 5.67. The molecular formula is C12H22O10. The van der Waals surface area contributed by atoms with E-state index >= 15 is 0 Å². The molecule has 0 spiro atoms. The van der Waals surface area contributed by atoms with Crippen LogP contribution in [0.25, 0.3) is 0 Å². The summed E-state index contributed by atoms with van der Waals surface area (Å²) in [4.78, 5) is 0. The van der Waals surface area contributed by atoms with Crippen LogP contribution >= 0.6 is 0 Å². The Morgan fingerprint density at radius 2 is 0.909 bits per heavy atom. The highest BCUT2D eigenvalue weighted by molar-refractivity contribution is 4.98. The van der Waals surface area contributed by atoms with Crippen molar-refractivity contribution < 1.29 is 50.3 Å². The fourth-order valence-electron chi connectivity index (χ4n) is 2.65. The molecule has 0 aromatic carbocycles. The number of hydrogen-bond donors (Lipinski definition) is 8. The maximum absolute atomic E-state index is 10.1. The van der Waals surface area contributed by atoms with Gasteiger partial charge in [-0.05, 0) is 0 Å². The zero-order valence-electron chi connectivity index (χ0n) is 11.6. The van der Waals surface area contributed by atoms with Gasteiger partial charge in [0.15, 0.2) is 0 Å². The van der Waals surface area contributed by atoms with Crippen molar-refractivity contribution in [1.82, 2.24) is 0 Å². The van der Waals surface area contributed by atoms with E-state index in [1.165, 1.54) is 0 Å². The lowest BCUT2D eigenvalue weighted by Crippen LogP contribution is -2.64. The SMILES string of the molecule is OC(C(O)[C@H]1OC[C@H](O)[C@@H](O)[C@@H]1O)[C@H]1OC[C@H](O)[C@@H](O)[C@@H]1O. The first kappa shape index (κ1) is 17.9. The van der Waals surface area contributed by atoms with Crippen LogP contribution in [-0.2, 0) is 9.47 Å². The normalized spacial score (nSPS) is 49.6. The standard InChI is InChI=1S/C12H22O10/c13-3-1-21-11(7(17)5(3)15)9(19)10(20)12-8(18)6(16)4(14)2-22-12/h3-20H,1-2H2/t3-,4-,5+,6+,7-,8-,9?,10?,11-,12-/m0/s1. The smallest absolute Gasteiger partial charge is 0.115 e. The Morgan fingerprint density at radius 3 is 1.23 bits per heavy atom. The molecule has 22 heavy (non-hydrogen) atoms. The molecule has 2 rings (SSSR count). The molecule has 0 aliphatic carbocycles. The molecule has 130 valence electrons. The van der Waals surface area contributed by atoms with Crippen molar-refractivity contribution in [1.29, 1.82) is 0 Å². The van der Waals surface area contributed by atoms with Crippen molar-refractivity contribution in [2.75, 3.05) is 13.2 Å². The van der Waals surface area contributed by atoms with Gasteiger partial charge in [-0.2, -0.15) is 0 Å². The Morgan fingerprint density at radius 1 is 0.591 bits per heavy atom. The lowest BCUT2D eigenvalue weighted by Gasteiger charge is -2.42. The predicted octanol–water partition coefficient (Wildman–Crippen LogP) is -5.33. The Bertz CT molecular complexity index is 334. The van der Waals surface area contributed by atoms with E-state index in [0.717, 1.165) is 0 Å². The third-order valence-electron chi connectivity index (χ3n) is 4.10. The summed E-state index contributed by atoms with van der Waals surface area (Å²) in [6, 6.07) is 0. The molecule has 0 radical (unpaired) electrons. The molecule has 0 aromatic rings. The van der Waals surface area contributed by atoms with Gasteiger partial charge in [0.1, 0.15) is 61.0 Å². The van der Waals surface area contributed by atoms with Crippen molar-refractivity contribution in [3.63, 3.8) is 0 Å². The molecule has 8 N–H and O–H groups in total. The van der Waals surface area contributed by atoms with Gasteiger partial charge in [-0.25, -0.2) is 0 Å². The molecule has 2 heterocycles. The number of hydrogen-bond acceptors (Lipinski definition) is 10. The van der Waals surface area contributed by atoms with Gasteiger partial charge in [0.05, 0.1) is 13.2 Å². The lowest BCUT2D eigenvalue weighted by atomic mass is 9.88. The van der Waals surface area contributed by atoms with Gasteiger partial charge in [0, 0.05) is 0 Å². The van der Waals surface area contributed by atoms with E-state index in [2.05, 4.69) is 0 Å². The number of ether oxygens (including phenoxy) is 2. The van der Waals surface area contributed by atoms with Gasteiger partial charge in [-0.1, -0.05) is 0 Å². The molecule has 2 unspecified atom stereocenters. The Labute approximate surface area is 125 Å². The van der Waals surface area contributed by atoms with E-state index in [1.807, 2.05) is 0 Å². The maximum Gasteiger partial charge on any atom is 0.115 e. The summed E-state index contributed by atoms with van der Waals surface area (Å²) in [7, 11) is 0. The number of aliphatic hydroxyl groups excluding tert-OH is 8. The molecule has 0 aromatic heterocycles. The molecule has 2 aliphatic rings. The van der Waals surface area contributed by atoms with Crippen molar-refractivity contribution in [2.24, 2.45) is 0 Å². The van der Waals surface area contributed by atoms with E-state index in [4.69, 9.17) is 9.47 Å². The van der Waals surface area contributed by atoms with Crippen LogP contribution in [0.4, 0.5) is 0 Å². The Hall–Kier alpha value is -0.400. The number of aliphatic hydroxyl groups is 8. The lowest BCUT2D eigenvalue weighted by molar-refractivity contribution is -0.254. The van der Waals surface area contributed by atoms with Gasteiger partial charge in [-0.15, -0.1) is 0 Å². The highest BCUT2D eigenvalue weighted by Crippen LogP contribution is 2.25. The van der Waals surface area contributed by atoms with E-state index in [-0.39, 0.29) is 13.2 Å². The Balaban J connectivity index is 2.04. The highest BCUT2D eigenvalue weighted by atomic mass is 16.6. The second-order valence-corrected chi connectivity index (χ2v) is 5.67. The fourth-order valence-corrected chi connectivity index (χ4v) is 2.65. The zero-order valence-corrected chi connectivity index (χ0v) is 11.6. The monoisotopic (exact) mass is 326 g/mol. The first-order chi connectivity index (χ1) is 10.3.